The molecule has 0 saturated heterocycles. The number of rotatable bonds is 17. The predicted molar refractivity (Wildman–Crippen MR) is 95.4 cm³/mol. The molecular weight excluding hydrogens is 308 g/mol. The molecule has 0 aromatic rings. The smallest absolute Gasteiger partial charge is 0.305 e. The van der Waals surface area contributed by atoms with Gasteiger partial charge in [0.15, 0.2) is 0 Å². The van der Waals surface area contributed by atoms with Crippen molar-refractivity contribution in [2.75, 3.05) is 26.3 Å². The number of hydrogen-bond acceptors (Lipinski definition) is 6. The Morgan fingerprint density at radius 3 is 1.29 bits per heavy atom. The van der Waals surface area contributed by atoms with E-state index >= 15 is 0 Å². The topological polar surface area (TPSA) is 105 Å². The molecule has 0 aliphatic carbocycles. The summed E-state index contributed by atoms with van der Waals surface area (Å²) >= 11 is 0. The minimum Gasteiger partial charge on any atom is -0.466 e. The molecule has 0 aliphatic rings. The molecule has 0 bridgehead atoms. The maximum atomic E-state index is 11.4. The third-order valence-electron chi connectivity index (χ3n) is 3.73. The summed E-state index contributed by atoms with van der Waals surface area (Å²) in [4.78, 5) is 22.9. The minimum atomic E-state index is -0.115. The van der Waals surface area contributed by atoms with E-state index in [1.807, 2.05) is 0 Å². The first-order chi connectivity index (χ1) is 11.7. The summed E-state index contributed by atoms with van der Waals surface area (Å²) in [5.74, 6) is -0.230. The number of hydrogen-bond donors (Lipinski definition) is 2. The van der Waals surface area contributed by atoms with Gasteiger partial charge in [-0.25, -0.2) is 0 Å². The standard InChI is InChI=1S/C18H36N2O4/c19-13-7-3-5-11-17(21)23-15-9-1-2-10-16-24-18(22)12-6-4-8-14-20/h1-16,19-20H2. The van der Waals surface area contributed by atoms with Crippen molar-refractivity contribution in [3.63, 3.8) is 0 Å². The zero-order chi connectivity index (χ0) is 17.9. The quantitative estimate of drug-likeness (QED) is 0.310. The molecule has 142 valence electrons. The molecule has 0 aliphatic heterocycles. The molecular formula is C18H36N2O4. The molecule has 0 aromatic heterocycles. The highest BCUT2D eigenvalue weighted by molar-refractivity contribution is 5.69. The second kappa shape index (κ2) is 18.2. The largest absolute Gasteiger partial charge is 0.466 e. The predicted octanol–water partition coefficient (Wildman–Crippen LogP) is 2.67. The van der Waals surface area contributed by atoms with Gasteiger partial charge in [-0.05, 0) is 64.5 Å². The lowest BCUT2D eigenvalue weighted by atomic mass is 10.2. The van der Waals surface area contributed by atoms with Crippen LogP contribution in [0.3, 0.4) is 0 Å². The lowest BCUT2D eigenvalue weighted by Crippen LogP contribution is -2.07. The number of esters is 2. The molecule has 0 radical (unpaired) electrons. The summed E-state index contributed by atoms with van der Waals surface area (Å²) in [5.41, 5.74) is 10.8. The zero-order valence-electron chi connectivity index (χ0n) is 15.1. The summed E-state index contributed by atoms with van der Waals surface area (Å²) in [6.45, 7) is 2.32. The van der Waals surface area contributed by atoms with E-state index < -0.39 is 0 Å². The van der Waals surface area contributed by atoms with Crippen molar-refractivity contribution in [1.82, 2.24) is 0 Å². The van der Waals surface area contributed by atoms with Gasteiger partial charge in [0.1, 0.15) is 0 Å². The molecule has 0 atom stereocenters. The van der Waals surface area contributed by atoms with E-state index in [0.717, 1.165) is 64.2 Å². The molecule has 0 saturated carbocycles. The molecule has 0 unspecified atom stereocenters. The first-order valence-electron chi connectivity index (χ1n) is 9.42. The van der Waals surface area contributed by atoms with Crippen LogP contribution in [-0.4, -0.2) is 38.2 Å². The van der Waals surface area contributed by atoms with Crippen molar-refractivity contribution in [2.24, 2.45) is 11.5 Å². The Bertz CT molecular complexity index is 281. The molecule has 0 amide bonds. The Labute approximate surface area is 146 Å². The van der Waals surface area contributed by atoms with E-state index in [-0.39, 0.29) is 11.9 Å². The Kier molecular flexibility index (Phi) is 17.3. The van der Waals surface area contributed by atoms with E-state index in [9.17, 15) is 9.59 Å². The van der Waals surface area contributed by atoms with E-state index in [1.165, 1.54) is 0 Å². The number of unbranched alkanes of at least 4 members (excludes halogenated alkanes) is 7. The van der Waals surface area contributed by atoms with E-state index in [0.29, 0.717) is 39.1 Å². The van der Waals surface area contributed by atoms with Gasteiger partial charge in [-0.3, -0.25) is 9.59 Å². The lowest BCUT2D eigenvalue weighted by molar-refractivity contribution is -0.145. The van der Waals surface area contributed by atoms with Gasteiger partial charge >= 0.3 is 11.9 Å². The Balaban J connectivity index is 3.24. The number of ether oxygens (including phenoxy) is 2. The van der Waals surface area contributed by atoms with Crippen LogP contribution in [0, 0.1) is 0 Å². The summed E-state index contributed by atoms with van der Waals surface area (Å²) in [6.07, 6.45) is 10.3. The van der Waals surface area contributed by atoms with Crippen LogP contribution < -0.4 is 11.5 Å². The molecule has 0 aromatic carbocycles. The van der Waals surface area contributed by atoms with Crippen molar-refractivity contribution in [1.29, 1.82) is 0 Å². The van der Waals surface area contributed by atoms with Crippen molar-refractivity contribution in [3.8, 4) is 0 Å². The maximum Gasteiger partial charge on any atom is 0.305 e. The molecule has 4 N–H and O–H groups in total. The van der Waals surface area contributed by atoms with Gasteiger partial charge < -0.3 is 20.9 Å². The van der Waals surface area contributed by atoms with Crippen LogP contribution in [0.5, 0.6) is 0 Å². The molecule has 0 fully saturated rings. The van der Waals surface area contributed by atoms with Gasteiger partial charge in [0.25, 0.3) is 0 Å². The van der Waals surface area contributed by atoms with Crippen LogP contribution in [0.2, 0.25) is 0 Å². The average molecular weight is 344 g/mol. The van der Waals surface area contributed by atoms with Crippen LogP contribution in [0.4, 0.5) is 0 Å². The van der Waals surface area contributed by atoms with E-state index in [2.05, 4.69) is 0 Å². The van der Waals surface area contributed by atoms with Gasteiger partial charge in [0.2, 0.25) is 0 Å². The fourth-order valence-electron chi connectivity index (χ4n) is 2.25. The van der Waals surface area contributed by atoms with Crippen LogP contribution in [0.25, 0.3) is 0 Å². The van der Waals surface area contributed by atoms with Crippen LogP contribution >= 0.6 is 0 Å². The minimum absolute atomic E-state index is 0.115. The fraction of sp³-hybridized carbons (Fsp3) is 0.889. The average Bonchev–Trinajstić information content (AvgIpc) is 2.58. The van der Waals surface area contributed by atoms with Crippen LogP contribution in [-0.2, 0) is 19.1 Å². The van der Waals surface area contributed by atoms with E-state index in [1.54, 1.807) is 0 Å². The Morgan fingerprint density at radius 1 is 0.542 bits per heavy atom. The van der Waals surface area contributed by atoms with Gasteiger partial charge in [-0.1, -0.05) is 12.8 Å². The second-order valence-electron chi connectivity index (χ2n) is 6.05. The molecule has 0 heterocycles. The van der Waals surface area contributed by atoms with Crippen molar-refractivity contribution in [2.45, 2.75) is 77.0 Å². The summed E-state index contributed by atoms with van der Waals surface area (Å²) in [6, 6.07) is 0. The highest BCUT2D eigenvalue weighted by atomic mass is 16.5. The summed E-state index contributed by atoms with van der Waals surface area (Å²) in [5, 5.41) is 0. The van der Waals surface area contributed by atoms with Crippen molar-refractivity contribution < 1.29 is 19.1 Å². The van der Waals surface area contributed by atoms with Gasteiger partial charge in [0, 0.05) is 12.8 Å². The summed E-state index contributed by atoms with van der Waals surface area (Å²) in [7, 11) is 0. The van der Waals surface area contributed by atoms with Crippen molar-refractivity contribution in [3.05, 3.63) is 0 Å². The maximum absolute atomic E-state index is 11.4. The Morgan fingerprint density at radius 2 is 0.917 bits per heavy atom. The number of carbonyl (C=O) groups excluding carboxylic acids is 2. The van der Waals surface area contributed by atoms with Gasteiger partial charge in [-0.2, -0.15) is 0 Å². The second-order valence-corrected chi connectivity index (χ2v) is 6.05. The number of nitrogens with two attached hydrogens (primary N) is 2. The molecule has 6 nitrogen and oxygen atoms in total. The number of carbonyl (C=O) groups is 2. The van der Waals surface area contributed by atoms with Gasteiger partial charge in [0.05, 0.1) is 13.2 Å². The Hall–Kier alpha value is -1.14. The monoisotopic (exact) mass is 344 g/mol. The SMILES string of the molecule is NCCCCCC(=O)OCCCCCCOC(=O)CCCCCN. The third kappa shape index (κ3) is 17.2. The van der Waals surface area contributed by atoms with E-state index in [4.69, 9.17) is 20.9 Å². The highest BCUT2D eigenvalue weighted by Gasteiger charge is 2.03. The first kappa shape index (κ1) is 22.9. The first-order valence-corrected chi connectivity index (χ1v) is 9.42. The fourth-order valence-corrected chi connectivity index (χ4v) is 2.25. The normalized spacial score (nSPS) is 10.6. The molecule has 6 heteroatoms. The zero-order valence-corrected chi connectivity index (χ0v) is 15.1. The van der Waals surface area contributed by atoms with Crippen molar-refractivity contribution >= 4 is 11.9 Å². The molecule has 0 rings (SSSR count). The van der Waals surface area contributed by atoms with Crippen LogP contribution in [0.15, 0.2) is 0 Å². The summed E-state index contributed by atoms with van der Waals surface area (Å²) < 4.78 is 10.3. The third-order valence-corrected chi connectivity index (χ3v) is 3.73. The van der Waals surface area contributed by atoms with Crippen LogP contribution in [0.1, 0.15) is 77.0 Å². The molecule has 24 heavy (non-hydrogen) atoms. The van der Waals surface area contributed by atoms with Gasteiger partial charge in [-0.15, -0.1) is 0 Å². The molecule has 0 spiro atoms. The lowest BCUT2D eigenvalue weighted by Gasteiger charge is -2.06. The highest BCUT2D eigenvalue weighted by Crippen LogP contribution is 2.05.